The normalized spacial score (nSPS) is 14.1. The highest BCUT2D eigenvalue weighted by molar-refractivity contribution is 5.66. The van der Waals surface area contributed by atoms with E-state index in [0.717, 1.165) is 13.0 Å². The monoisotopic (exact) mass is 231 g/mol. The molecular formula is C12H25NO3. The number of carboxylic acids is 1. The van der Waals surface area contributed by atoms with Crippen LogP contribution in [0.4, 0.5) is 0 Å². The van der Waals surface area contributed by atoms with Gasteiger partial charge in [-0.05, 0) is 47.2 Å². The number of carboxylic acid groups (broad SMARTS) is 1. The highest BCUT2D eigenvalue weighted by Crippen LogP contribution is 2.18. The van der Waals surface area contributed by atoms with E-state index in [0.29, 0.717) is 12.5 Å². The maximum Gasteiger partial charge on any atom is 0.303 e. The summed E-state index contributed by atoms with van der Waals surface area (Å²) in [6.07, 6.45) is 1.88. The van der Waals surface area contributed by atoms with E-state index >= 15 is 0 Å². The molecule has 4 nitrogen and oxygen atoms in total. The van der Waals surface area contributed by atoms with E-state index in [1.807, 2.05) is 7.05 Å². The average Bonchev–Trinajstić information content (AvgIpc) is 2.16. The van der Waals surface area contributed by atoms with Crippen molar-refractivity contribution in [2.75, 3.05) is 20.7 Å². The van der Waals surface area contributed by atoms with E-state index in [1.165, 1.54) is 0 Å². The molecule has 1 N–H and O–H groups in total. The first-order chi connectivity index (χ1) is 7.28. The topological polar surface area (TPSA) is 49.8 Å². The van der Waals surface area contributed by atoms with Gasteiger partial charge in [0, 0.05) is 19.6 Å². The molecule has 0 aromatic carbocycles. The molecule has 0 amide bonds. The van der Waals surface area contributed by atoms with Crippen molar-refractivity contribution in [2.24, 2.45) is 0 Å². The van der Waals surface area contributed by atoms with Crippen molar-refractivity contribution in [3.05, 3.63) is 0 Å². The Morgan fingerprint density at radius 2 is 2.06 bits per heavy atom. The van der Waals surface area contributed by atoms with Crippen LogP contribution in [0.1, 0.15) is 40.0 Å². The van der Waals surface area contributed by atoms with Crippen molar-refractivity contribution in [3.8, 4) is 0 Å². The van der Waals surface area contributed by atoms with Crippen molar-refractivity contribution in [1.82, 2.24) is 4.90 Å². The standard InChI is InChI=1S/C12H25NO3/c1-10(9-12(2,3)16-5)13(4)8-6-7-11(14)15/h10H,6-9H2,1-5H3,(H,14,15). The Hall–Kier alpha value is -0.610. The zero-order chi connectivity index (χ0) is 12.8. The zero-order valence-corrected chi connectivity index (χ0v) is 11.1. The molecule has 0 aliphatic heterocycles. The zero-order valence-electron chi connectivity index (χ0n) is 11.1. The van der Waals surface area contributed by atoms with Crippen molar-refractivity contribution < 1.29 is 14.6 Å². The molecule has 0 aromatic heterocycles. The predicted octanol–water partition coefficient (Wildman–Crippen LogP) is 1.99. The predicted molar refractivity (Wildman–Crippen MR) is 64.7 cm³/mol. The van der Waals surface area contributed by atoms with Crippen LogP contribution < -0.4 is 0 Å². The van der Waals surface area contributed by atoms with Gasteiger partial charge in [0.1, 0.15) is 0 Å². The van der Waals surface area contributed by atoms with Gasteiger partial charge in [-0.3, -0.25) is 4.79 Å². The van der Waals surface area contributed by atoms with Crippen molar-refractivity contribution in [2.45, 2.75) is 51.7 Å². The SMILES string of the molecule is COC(C)(C)CC(C)N(C)CCCC(=O)O. The van der Waals surface area contributed by atoms with Crippen LogP contribution in [0, 0.1) is 0 Å². The first kappa shape index (κ1) is 15.4. The van der Waals surface area contributed by atoms with Gasteiger partial charge in [0.25, 0.3) is 0 Å². The van der Waals surface area contributed by atoms with Gasteiger partial charge in [-0.2, -0.15) is 0 Å². The molecule has 16 heavy (non-hydrogen) atoms. The molecule has 0 aromatic rings. The number of carbonyl (C=O) groups is 1. The van der Waals surface area contributed by atoms with Crippen LogP contribution in [0.5, 0.6) is 0 Å². The fourth-order valence-corrected chi connectivity index (χ4v) is 1.65. The van der Waals surface area contributed by atoms with Crippen molar-refractivity contribution >= 4 is 5.97 Å². The number of aliphatic carboxylic acids is 1. The lowest BCUT2D eigenvalue weighted by atomic mass is 9.99. The summed E-state index contributed by atoms with van der Waals surface area (Å²) in [4.78, 5) is 12.6. The molecular weight excluding hydrogens is 206 g/mol. The Balaban J connectivity index is 3.90. The third-order valence-electron chi connectivity index (χ3n) is 2.99. The third kappa shape index (κ3) is 6.80. The Morgan fingerprint density at radius 3 is 2.50 bits per heavy atom. The molecule has 4 heteroatoms. The minimum Gasteiger partial charge on any atom is -0.481 e. The second kappa shape index (κ2) is 6.86. The summed E-state index contributed by atoms with van der Waals surface area (Å²) in [6.45, 7) is 7.08. The van der Waals surface area contributed by atoms with Crippen LogP contribution in [-0.2, 0) is 9.53 Å². The number of ether oxygens (including phenoxy) is 1. The number of nitrogens with zero attached hydrogens (tertiary/aromatic N) is 1. The maximum atomic E-state index is 10.4. The lowest BCUT2D eigenvalue weighted by molar-refractivity contribution is -0.137. The highest BCUT2D eigenvalue weighted by atomic mass is 16.5. The van der Waals surface area contributed by atoms with Gasteiger partial charge in [0.05, 0.1) is 5.60 Å². The second-order valence-corrected chi connectivity index (χ2v) is 4.99. The molecule has 0 radical (unpaired) electrons. The minimum atomic E-state index is -0.724. The van der Waals surface area contributed by atoms with Gasteiger partial charge in [0.2, 0.25) is 0 Å². The molecule has 96 valence electrons. The van der Waals surface area contributed by atoms with E-state index < -0.39 is 5.97 Å². The van der Waals surface area contributed by atoms with Crippen LogP contribution in [0.15, 0.2) is 0 Å². The average molecular weight is 231 g/mol. The summed E-state index contributed by atoms with van der Waals surface area (Å²) in [5, 5.41) is 8.55. The lowest BCUT2D eigenvalue weighted by Crippen LogP contribution is -2.37. The molecule has 0 heterocycles. The smallest absolute Gasteiger partial charge is 0.303 e. The number of hydrogen-bond donors (Lipinski definition) is 1. The summed E-state index contributed by atoms with van der Waals surface area (Å²) in [7, 11) is 3.75. The lowest BCUT2D eigenvalue weighted by Gasteiger charge is -2.32. The van der Waals surface area contributed by atoms with Gasteiger partial charge >= 0.3 is 5.97 Å². The van der Waals surface area contributed by atoms with E-state index in [4.69, 9.17) is 9.84 Å². The van der Waals surface area contributed by atoms with Crippen molar-refractivity contribution in [3.63, 3.8) is 0 Å². The summed E-state index contributed by atoms with van der Waals surface area (Å²) in [5.74, 6) is -0.724. The first-order valence-electron chi connectivity index (χ1n) is 5.75. The molecule has 0 aliphatic rings. The summed E-state index contributed by atoms with van der Waals surface area (Å²) in [5.41, 5.74) is -0.125. The first-order valence-corrected chi connectivity index (χ1v) is 5.75. The number of methoxy groups -OCH3 is 1. The Bertz CT molecular complexity index is 216. The maximum absolute atomic E-state index is 10.4. The quantitative estimate of drug-likeness (QED) is 0.694. The third-order valence-corrected chi connectivity index (χ3v) is 2.99. The van der Waals surface area contributed by atoms with E-state index in [9.17, 15) is 4.79 Å². The van der Waals surface area contributed by atoms with E-state index in [2.05, 4.69) is 25.7 Å². The van der Waals surface area contributed by atoms with Crippen molar-refractivity contribution in [1.29, 1.82) is 0 Å². The molecule has 1 atom stereocenters. The minimum absolute atomic E-state index is 0.125. The molecule has 1 unspecified atom stereocenters. The Morgan fingerprint density at radius 1 is 1.50 bits per heavy atom. The summed E-state index contributed by atoms with van der Waals surface area (Å²) in [6, 6.07) is 0.392. The number of hydrogen-bond acceptors (Lipinski definition) is 3. The molecule has 0 aliphatic carbocycles. The molecule has 0 bridgehead atoms. The summed E-state index contributed by atoms with van der Waals surface area (Å²) >= 11 is 0. The molecule has 0 saturated carbocycles. The van der Waals surface area contributed by atoms with Crippen LogP contribution >= 0.6 is 0 Å². The largest absolute Gasteiger partial charge is 0.481 e. The highest BCUT2D eigenvalue weighted by Gasteiger charge is 2.22. The fourth-order valence-electron chi connectivity index (χ4n) is 1.65. The summed E-state index contributed by atoms with van der Waals surface area (Å²) < 4.78 is 5.38. The van der Waals surface area contributed by atoms with Crippen LogP contribution in [-0.4, -0.2) is 48.3 Å². The van der Waals surface area contributed by atoms with Crippen LogP contribution in [0.25, 0.3) is 0 Å². The molecule has 0 fully saturated rings. The Labute approximate surface area is 98.6 Å². The van der Waals surface area contributed by atoms with Gasteiger partial charge in [-0.15, -0.1) is 0 Å². The van der Waals surface area contributed by atoms with Gasteiger partial charge in [-0.25, -0.2) is 0 Å². The second-order valence-electron chi connectivity index (χ2n) is 4.99. The van der Waals surface area contributed by atoms with Gasteiger partial charge < -0.3 is 14.7 Å². The number of rotatable bonds is 8. The van der Waals surface area contributed by atoms with Crippen LogP contribution in [0.3, 0.4) is 0 Å². The molecule has 0 saturated heterocycles. The van der Waals surface area contributed by atoms with E-state index in [-0.39, 0.29) is 12.0 Å². The van der Waals surface area contributed by atoms with E-state index in [1.54, 1.807) is 7.11 Å². The van der Waals surface area contributed by atoms with Crippen LogP contribution in [0.2, 0.25) is 0 Å². The molecule has 0 spiro atoms. The van der Waals surface area contributed by atoms with Gasteiger partial charge in [-0.1, -0.05) is 0 Å². The Kier molecular flexibility index (Phi) is 6.60. The fraction of sp³-hybridized carbons (Fsp3) is 0.917. The van der Waals surface area contributed by atoms with Gasteiger partial charge in [0.15, 0.2) is 0 Å². The molecule has 0 rings (SSSR count).